The zero-order chi connectivity index (χ0) is 15.2. The first-order chi connectivity index (χ1) is 9.46. The number of likely N-dealkylation sites (N-methyl/N-ethyl adjacent to an activating group) is 1. The molecule has 0 aliphatic carbocycles. The van der Waals surface area contributed by atoms with E-state index in [0.717, 1.165) is 18.5 Å². The highest BCUT2D eigenvalue weighted by Gasteiger charge is 2.30. The number of nitrogens with zero attached hydrogens (tertiary/aromatic N) is 1. The minimum absolute atomic E-state index is 0.109. The molecular weight excluding hydrogens is 248 g/mol. The first-order valence-electron chi connectivity index (χ1n) is 7.52. The van der Waals surface area contributed by atoms with Gasteiger partial charge in [-0.05, 0) is 38.9 Å². The van der Waals surface area contributed by atoms with Crippen LogP contribution in [0.15, 0.2) is 30.3 Å². The van der Waals surface area contributed by atoms with E-state index in [1.165, 1.54) is 0 Å². The third-order valence-corrected chi connectivity index (χ3v) is 4.63. The Kier molecular flexibility index (Phi) is 6.66. The van der Waals surface area contributed by atoms with E-state index in [1.54, 1.807) is 0 Å². The van der Waals surface area contributed by atoms with Crippen LogP contribution in [0.25, 0.3) is 0 Å². The van der Waals surface area contributed by atoms with Crippen LogP contribution < -0.4 is 5.32 Å². The topological polar surface area (TPSA) is 35.5 Å². The molecule has 0 heterocycles. The van der Waals surface area contributed by atoms with Gasteiger partial charge in [0.2, 0.25) is 0 Å². The molecule has 2 N–H and O–H groups in total. The summed E-state index contributed by atoms with van der Waals surface area (Å²) >= 11 is 0. The van der Waals surface area contributed by atoms with Gasteiger partial charge in [-0.2, -0.15) is 0 Å². The number of aliphatic hydroxyl groups is 1. The summed E-state index contributed by atoms with van der Waals surface area (Å²) in [4.78, 5) is 2.37. The molecule has 0 saturated heterocycles. The minimum Gasteiger partial charge on any atom is -0.394 e. The molecule has 20 heavy (non-hydrogen) atoms. The summed E-state index contributed by atoms with van der Waals surface area (Å²) in [5.74, 6) is 0.634. The summed E-state index contributed by atoms with van der Waals surface area (Å²) in [5.41, 5.74) is 0.794. The molecule has 2 atom stereocenters. The molecular formula is C17H30N2O. The van der Waals surface area contributed by atoms with Crippen molar-refractivity contribution in [2.24, 2.45) is 5.92 Å². The molecule has 0 bridgehead atoms. The molecule has 1 rings (SSSR count). The standard InChI is InChI=1S/C17H30N2O/c1-14(2)15(3)19(5)12-11-17(13-20,18-4)16-9-7-6-8-10-16/h6-10,14-15,18,20H,11-13H2,1-5H3. The van der Waals surface area contributed by atoms with Crippen LogP contribution in [-0.2, 0) is 5.54 Å². The third kappa shape index (κ3) is 4.05. The zero-order valence-corrected chi connectivity index (χ0v) is 13.6. The van der Waals surface area contributed by atoms with Gasteiger partial charge >= 0.3 is 0 Å². The Bertz CT molecular complexity index is 374. The van der Waals surface area contributed by atoms with E-state index in [2.05, 4.69) is 50.2 Å². The summed E-state index contributed by atoms with van der Waals surface area (Å²) in [6, 6.07) is 10.8. The molecule has 1 aromatic rings. The SMILES string of the molecule is CNC(CO)(CCN(C)C(C)C(C)C)c1ccccc1. The van der Waals surface area contributed by atoms with E-state index in [-0.39, 0.29) is 12.1 Å². The lowest BCUT2D eigenvalue weighted by atomic mass is 9.87. The summed E-state index contributed by atoms with van der Waals surface area (Å²) in [6.07, 6.45) is 0.886. The lowest BCUT2D eigenvalue weighted by Crippen LogP contribution is -2.47. The maximum atomic E-state index is 9.91. The predicted molar refractivity (Wildman–Crippen MR) is 85.8 cm³/mol. The molecule has 0 radical (unpaired) electrons. The number of nitrogens with one attached hydrogen (secondary N) is 1. The highest BCUT2D eigenvalue weighted by molar-refractivity contribution is 5.24. The Labute approximate surface area is 124 Å². The summed E-state index contributed by atoms with van der Waals surface area (Å²) in [6.45, 7) is 7.81. The lowest BCUT2D eigenvalue weighted by molar-refractivity contribution is 0.127. The fourth-order valence-electron chi connectivity index (χ4n) is 2.50. The summed E-state index contributed by atoms with van der Waals surface area (Å²) < 4.78 is 0. The van der Waals surface area contributed by atoms with E-state index in [4.69, 9.17) is 0 Å². The Morgan fingerprint density at radius 1 is 1.20 bits per heavy atom. The molecule has 0 amide bonds. The largest absolute Gasteiger partial charge is 0.394 e. The quantitative estimate of drug-likeness (QED) is 0.767. The zero-order valence-electron chi connectivity index (χ0n) is 13.6. The Morgan fingerprint density at radius 2 is 1.80 bits per heavy atom. The van der Waals surface area contributed by atoms with Crippen LogP contribution in [-0.4, -0.2) is 43.3 Å². The Morgan fingerprint density at radius 3 is 2.25 bits per heavy atom. The molecule has 0 aliphatic rings. The fourth-order valence-corrected chi connectivity index (χ4v) is 2.50. The number of rotatable bonds is 8. The van der Waals surface area contributed by atoms with E-state index in [1.807, 2.05) is 25.2 Å². The van der Waals surface area contributed by atoms with Gasteiger partial charge in [0.15, 0.2) is 0 Å². The van der Waals surface area contributed by atoms with Gasteiger partial charge in [-0.25, -0.2) is 0 Å². The van der Waals surface area contributed by atoms with Crippen LogP contribution in [0.4, 0.5) is 0 Å². The summed E-state index contributed by atoms with van der Waals surface area (Å²) in [7, 11) is 4.09. The maximum Gasteiger partial charge on any atom is 0.0678 e. The lowest BCUT2D eigenvalue weighted by Gasteiger charge is -2.36. The van der Waals surface area contributed by atoms with Crippen LogP contribution in [0.1, 0.15) is 32.8 Å². The highest BCUT2D eigenvalue weighted by Crippen LogP contribution is 2.25. The van der Waals surface area contributed by atoms with Crippen molar-refractivity contribution < 1.29 is 5.11 Å². The molecule has 0 aromatic heterocycles. The third-order valence-electron chi connectivity index (χ3n) is 4.63. The van der Waals surface area contributed by atoms with Gasteiger partial charge in [-0.1, -0.05) is 44.2 Å². The second kappa shape index (κ2) is 7.77. The van der Waals surface area contributed by atoms with Crippen molar-refractivity contribution in [1.82, 2.24) is 10.2 Å². The van der Waals surface area contributed by atoms with Crippen molar-refractivity contribution in [2.45, 2.75) is 38.8 Å². The summed E-state index contributed by atoms with van der Waals surface area (Å²) in [5, 5.41) is 13.2. The van der Waals surface area contributed by atoms with E-state index in [0.29, 0.717) is 12.0 Å². The van der Waals surface area contributed by atoms with Gasteiger partial charge in [0.05, 0.1) is 12.1 Å². The van der Waals surface area contributed by atoms with Crippen molar-refractivity contribution in [3.05, 3.63) is 35.9 Å². The molecule has 1 aromatic carbocycles. The van der Waals surface area contributed by atoms with Crippen molar-refractivity contribution in [1.29, 1.82) is 0 Å². The van der Waals surface area contributed by atoms with Gasteiger partial charge in [-0.3, -0.25) is 0 Å². The van der Waals surface area contributed by atoms with Crippen molar-refractivity contribution in [3.8, 4) is 0 Å². The van der Waals surface area contributed by atoms with Gasteiger partial charge in [0, 0.05) is 12.6 Å². The number of aliphatic hydroxyl groups excluding tert-OH is 1. The first kappa shape index (κ1) is 17.2. The second-order valence-electron chi connectivity index (χ2n) is 6.07. The average molecular weight is 278 g/mol. The molecule has 3 nitrogen and oxygen atoms in total. The predicted octanol–water partition coefficient (Wildman–Crippen LogP) is 2.46. The molecule has 0 aliphatic heterocycles. The van der Waals surface area contributed by atoms with Gasteiger partial charge < -0.3 is 15.3 Å². The van der Waals surface area contributed by atoms with Crippen LogP contribution in [0.2, 0.25) is 0 Å². The molecule has 0 saturated carbocycles. The smallest absolute Gasteiger partial charge is 0.0678 e. The molecule has 3 heteroatoms. The van der Waals surface area contributed by atoms with E-state index in [9.17, 15) is 5.11 Å². The van der Waals surface area contributed by atoms with Crippen LogP contribution >= 0.6 is 0 Å². The van der Waals surface area contributed by atoms with E-state index >= 15 is 0 Å². The average Bonchev–Trinajstić information content (AvgIpc) is 2.48. The highest BCUT2D eigenvalue weighted by atomic mass is 16.3. The monoisotopic (exact) mass is 278 g/mol. The fraction of sp³-hybridized carbons (Fsp3) is 0.647. The molecule has 114 valence electrons. The molecule has 2 unspecified atom stereocenters. The van der Waals surface area contributed by atoms with Crippen LogP contribution in [0.3, 0.4) is 0 Å². The first-order valence-corrected chi connectivity index (χ1v) is 7.52. The molecule has 0 spiro atoms. The number of hydrogen-bond acceptors (Lipinski definition) is 3. The minimum atomic E-state index is -0.355. The normalized spacial score (nSPS) is 16.4. The molecule has 0 fully saturated rings. The number of benzene rings is 1. The van der Waals surface area contributed by atoms with Gasteiger partial charge in [0.1, 0.15) is 0 Å². The number of hydrogen-bond donors (Lipinski definition) is 2. The maximum absolute atomic E-state index is 9.91. The van der Waals surface area contributed by atoms with Crippen LogP contribution in [0, 0.1) is 5.92 Å². The van der Waals surface area contributed by atoms with Crippen molar-refractivity contribution in [2.75, 3.05) is 27.2 Å². The van der Waals surface area contributed by atoms with Crippen molar-refractivity contribution >= 4 is 0 Å². The van der Waals surface area contributed by atoms with Crippen molar-refractivity contribution in [3.63, 3.8) is 0 Å². The van der Waals surface area contributed by atoms with Gasteiger partial charge in [0.25, 0.3) is 0 Å². The Balaban J connectivity index is 2.78. The van der Waals surface area contributed by atoms with Crippen LogP contribution in [0.5, 0.6) is 0 Å². The van der Waals surface area contributed by atoms with Gasteiger partial charge in [-0.15, -0.1) is 0 Å². The van der Waals surface area contributed by atoms with E-state index < -0.39 is 0 Å². The Hall–Kier alpha value is -0.900. The second-order valence-corrected chi connectivity index (χ2v) is 6.07.